The van der Waals surface area contributed by atoms with Crippen LogP contribution in [0, 0.1) is 3.57 Å². The van der Waals surface area contributed by atoms with Crippen molar-refractivity contribution >= 4 is 22.6 Å². The van der Waals surface area contributed by atoms with Crippen LogP contribution in [0.4, 0.5) is 0 Å². The van der Waals surface area contributed by atoms with Crippen molar-refractivity contribution in [2.24, 2.45) is 0 Å². The van der Waals surface area contributed by atoms with Crippen LogP contribution in [-0.2, 0) is 6.42 Å². The van der Waals surface area contributed by atoms with Crippen molar-refractivity contribution in [2.45, 2.75) is 18.9 Å². The lowest BCUT2D eigenvalue weighted by molar-refractivity contribution is 0.566. The van der Waals surface area contributed by atoms with Gasteiger partial charge in [0, 0.05) is 9.61 Å². The molecule has 1 aromatic carbocycles. The van der Waals surface area contributed by atoms with E-state index in [1.807, 2.05) is 13.1 Å². The van der Waals surface area contributed by atoms with Crippen LogP contribution >= 0.6 is 22.6 Å². The molecule has 0 aliphatic heterocycles. The lowest BCUT2D eigenvalue weighted by Crippen LogP contribution is -2.26. The summed E-state index contributed by atoms with van der Waals surface area (Å²) in [4.78, 5) is 0. The molecule has 76 valence electrons. The zero-order chi connectivity index (χ0) is 10.4. The van der Waals surface area contributed by atoms with E-state index in [0.717, 1.165) is 12.8 Å². The predicted molar refractivity (Wildman–Crippen MR) is 70.5 cm³/mol. The molecular formula is C12H16IN. The second kappa shape index (κ2) is 6.19. The molecule has 0 aromatic heterocycles. The summed E-state index contributed by atoms with van der Waals surface area (Å²) in [5, 5.41) is 3.29. The van der Waals surface area contributed by atoms with Gasteiger partial charge in [-0.1, -0.05) is 18.2 Å². The quantitative estimate of drug-likeness (QED) is 0.651. The molecule has 0 aliphatic rings. The molecule has 0 spiro atoms. The van der Waals surface area contributed by atoms with Gasteiger partial charge in [-0.3, -0.25) is 0 Å². The van der Waals surface area contributed by atoms with Crippen LogP contribution in [0.1, 0.15) is 12.0 Å². The van der Waals surface area contributed by atoms with Gasteiger partial charge in [0.2, 0.25) is 0 Å². The number of halogens is 1. The monoisotopic (exact) mass is 301 g/mol. The fourth-order valence-corrected chi connectivity index (χ4v) is 1.77. The molecule has 0 aliphatic carbocycles. The van der Waals surface area contributed by atoms with Crippen molar-refractivity contribution in [1.82, 2.24) is 5.32 Å². The molecule has 0 radical (unpaired) electrons. The van der Waals surface area contributed by atoms with Crippen LogP contribution in [0.3, 0.4) is 0 Å². The molecule has 0 bridgehead atoms. The van der Waals surface area contributed by atoms with E-state index in [4.69, 9.17) is 0 Å². The summed E-state index contributed by atoms with van der Waals surface area (Å²) in [6.45, 7) is 3.76. The highest BCUT2D eigenvalue weighted by Crippen LogP contribution is 2.10. The molecule has 0 amide bonds. The number of nitrogens with one attached hydrogen (secondary N) is 1. The highest BCUT2D eigenvalue weighted by Gasteiger charge is 2.04. The lowest BCUT2D eigenvalue weighted by atomic mass is 10.0. The van der Waals surface area contributed by atoms with Crippen molar-refractivity contribution in [2.75, 3.05) is 7.05 Å². The molecular weight excluding hydrogens is 285 g/mol. The van der Waals surface area contributed by atoms with E-state index < -0.39 is 0 Å². The first-order valence-electron chi connectivity index (χ1n) is 4.79. The standard InChI is InChI=1S/C12H16IN/c1-3-4-12(14-2)9-10-5-7-11(13)8-6-10/h3,5-8,12,14H,1,4,9H2,2H3. The van der Waals surface area contributed by atoms with E-state index in [9.17, 15) is 0 Å². The summed E-state index contributed by atoms with van der Waals surface area (Å²) in [5.74, 6) is 0. The first-order chi connectivity index (χ1) is 6.76. The second-order valence-corrected chi connectivity index (χ2v) is 4.59. The zero-order valence-electron chi connectivity index (χ0n) is 8.46. The van der Waals surface area contributed by atoms with Gasteiger partial charge >= 0.3 is 0 Å². The Bertz CT molecular complexity index is 279. The molecule has 1 aromatic rings. The maximum Gasteiger partial charge on any atom is 0.0139 e. The minimum Gasteiger partial charge on any atom is -0.316 e. The molecule has 1 unspecified atom stereocenters. The molecule has 2 heteroatoms. The first-order valence-corrected chi connectivity index (χ1v) is 5.86. The smallest absolute Gasteiger partial charge is 0.0139 e. The summed E-state index contributed by atoms with van der Waals surface area (Å²) in [7, 11) is 2.00. The van der Waals surface area contributed by atoms with Crippen LogP contribution in [-0.4, -0.2) is 13.1 Å². The van der Waals surface area contributed by atoms with E-state index in [0.29, 0.717) is 6.04 Å². The molecule has 14 heavy (non-hydrogen) atoms. The molecule has 0 heterocycles. The Labute approximate surface area is 99.7 Å². The number of benzene rings is 1. The maximum absolute atomic E-state index is 3.76. The summed E-state index contributed by atoms with van der Waals surface area (Å²) in [5.41, 5.74) is 1.38. The van der Waals surface area contributed by atoms with Gasteiger partial charge in [-0.2, -0.15) is 0 Å². The fourth-order valence-electron chi connectivity index (χ4n) is 1.41. The third-order valence-electron chi connectivity index (χ3n) is 2.25. The Morgan fingerprint density at radius 2 is 2.07 bits per heavy atom. The lowest BCUT2D eigenvalue weighted by Gasteiger charge is -2.13. The molecule has 1 nitrogen and oxygen atoms in total. The second-order valence-electron chi connectivity index (χ2n) is 3.34. The van der Waals surface area contributed by atoms with Crippen molar-refractivity contribution < 1.29 is 0 Å². The summed E-state index contributed by atoms with van der Waals surface area (Å²) < 4.78 is 1.29. The predicted octanol–water partition coefficient (Wildman–Crippen LogP) is 3.00. The average Bonchev–Trinajstić information content (AvgIpc) is 2.20. The molecule has 0 saturated heterocycles. The van der Waals surface area contributed by atoms with Crippen LogP contribution in [0.2, 0.25) is 0 Å². The van der Waals surface area contributed by atoms with Gasteiger partial charge in [0.25, 0.3) is 0 Å². The van der Waals surface area contributed by atoms with Crippen molar-refractivity contribution in [3.63, 3.8) is 0 Å². The van der Waals surface area contributed by atoms with Gasteiger partial charge in [-0.05, 0) is 60.2 Å². The van der Waals surface area contributed by atoms with Gasteiger partial charge in [0.15, 0.2) is 0 Å². The van der Waals surface area contributed by atoms with E-state index in [1.54, 1.807) is 0 Å². The number of hydrogen-bond donors (Lipinski definition) is 1. The van der Waals surface area contributed by atoms with Crippen LogP contribution < -0.4 is 5.32 Å². The first kappa shape index (κ1) is 11.7. The van der Waals surface area contributed by atoms with Gasteiger partial charge in [-0.25, -0.2) is 0 Å². The van der Waals surface area contributed by atoms with E-state index in [-0.39, 0.29) is 0 Å². The van der Waals surface area contributed by atoms with Crippen LogP contribution in [0.15, 0.2) is 36.9 Å². The third kappa shape index (κ3) is 3.80. The molecule has 0 fully saturated rings. The largest absolute Gasteiger partial charge is 0.316 e. The van der Waals surface area contributed by atoms with E-state index >= 15 is 0 Å². The SMILES string of the molecule is C=CCC(Cc1ccc(I)cc1)NC. The maximum atomic E-state index is 3.76. The van der Waals surface area contributed by atoms with Gasteiger partial charge in [0.1, 0.15) is 0 Å². The molecule has 1 atom stereocenters. The van der Waals surface area contributed by atoms with Crippen LogP contribution in [0.5, 0.6) is 0 Å². The Morgan fingerprint density at radius 3 is 2.57 bits per heavy atom. The Morgan fingerprint density at radius 1 is 1.43 bits per heavy atom. The highest BCUT2D eigenvalue weighted by atomic mass is 127. The third-order valence-corrected chi connectivity index (χ3v) is 2.97. The highest BCUT2D eigenvalue weighted by molar-refractivity contribution is 14.1. The Balaban J connectivity index is 2.57. The summed E-state index contributed by atoms with van der Waals surface area (Å²) in [6, 6.07) is 9.19. The number of likely N-dealkylation sites (N-methyl/N-ethyl adjacent to an activating group) is 1. The van der Waals surface area contributed by atoms with E-state index in [1.165, 1.54) is 9.13 Å². The normalized spacial score (nSPS) is 12.4. The summed E-state index contributed by atoms with van der Waals surface area (Å²) in [6.07, 6.45) is 4.05. The zero-order valence-corrected chi connectivity index (χ0v) is 10.6. The minimum atomic E-state index is 0.507. The summed E-state index contributed by atoms with van der Waals surface area (Å²) >= 11 is 2.32. The molecule has 0 saturated carbocycles. The topological polar surface area (TPSA) is 12.0 Å². The van der Waals surface area contributed by atoms with E-state index in [2.05, 4.69) is 58.8 Å². The molecule has 1 rings (SSSR count). The number of rotatable bonds is 5. The van der Waals surface area contributed by atoms with Crippen LogP contribution in [0.25, 0.3) is 0 Å². The Hall–Kier alpha value is -0.350. The van der Waals surface area contributed by atoms with Crippen molar-refractivity contribution in [3.8, 4) is 0 Å². The fraction of sp³-hybridized carbons (Fsp3) is 0.333. The van der Waals surface area contributed by atoms with Gasteiger partial charge in [-0.15, -0.1) is 6.58 Å². The average molecular weight is 301 g/mol. The molecule has 1 N–H and O–H groups in total. The van der Waals surface area contributed by atoms with Gasteiger partial charge in [0.05, 0.1) is 0 Å². The van der Waals surface area contributed by atoms with Gasteiger partial charge < -0.3 is 5.32 Å². The Kier molecular flexibility index (Phi) is 5.19. The number of hydrogen-bond acceptors (Lipinski definition) is 1. The van der Waals surface area contributed by atoms with Crippen molar-refractivity contribution in [3.05, 3.63) is 46.1 Å². The minimum absolute atomic E-state index is 0.507. The van der Waals surface area contributed by atoms with Crippen molar-refractivity contribution in [1.29, 1.82) is 0 Å².